The number of hydrogen-bond donors (Lipinski definition) is 2. The van der Waals surface area contributed by atoms with Crippen molar-refractivity contribution in [1.82, 2.24) is 10.6 Å². The molecule has 0 fully saturated rings. The lowest BCUT2D eigenvalue weighted by Gasteiger charge is -2.11. The Morgan fingerprint density at radius 2 is 1.68 bits per heavy atom. The SMILES string of the molecule is CCNC(=NCc1ccccc1)NCc1ccccc1F.I. The molecular formula is C17H21FIN3. The van der Waals surface area contributed by atoms with Crippen LogP contribution >= 0.6 is 24.0 Å². The predicted molar refractivity (Wildman–Crippen MR) is 99.9 cm³/mol. The highest BCUT2D eigenvalue weighted by Crippen LogP contribution is 2.05. The summed E-state index contributed by atoms with van der Waals surface area (Å²) in [5, 5.41) is 6.31. The van der Waals surface area contributed by atoms with Gasteiger partial charge < -0.3 is 10.6 Å². The third-order valence-corrected chi connectivity index (χ3v) is 3.01. The largest absolute Gasteiger partial charge is 0.357 e. The average molecular weight is 413 g/mol. The molecule has 0 saturated carbocycles. The number of guanidine groups is 1. The second-order valence-corrected chi connectivity index (χ2v) is 4.63. The fourth-order valence-corrected chi connectivity index (χ4v) is 1.92. The molecule has 0 radical (unpaired) electrons. The molecule has 0 saturated heterocycles. The summed E-state index contributed by atoms with van der Waals surface area (Å²) in [6, 6.07) is 16.8. The Morgan fingerprint density at radius 3 is 2.36 bits per heavy atom. The standard InChI is InChI=1S/C17H20FN3.HI/c1-2-19-17(20-12-14-8-4-3-5-9-14)21-13-15-10-6-7-11-16(15)18;/h3-11H,2,12-13H2,1H3,(H2,19,20,21);1H. The minimum atomic E-state index is -0.205. The highest BCUT2D eigenvalue weighted by Gasteiger charge is 2.02. The summed E-state index contributed by atoms with van der Waals surface area (Å²) >= 11 is 0. The molecule has 0 heterocycles. The van der Waals surface area contributed by atoms with E-state index in [2.05, 4.69) is 15.6 Å². The Kier molecular flexibility index (Phi) is 8.50. The molecule has 0 aliphatic rings. The predicted octanol–water partition coefficient (Wildman–Crippen LogP) is 3.70. The van der Waals surface area contributed by atoms with Gasteiger partial charge in [0.15, 0.2) is 5.96 Å². The molecule has 0 aliphatic carbocycles. The summed E-state index contributed by atoms with van der Waals surface area (Å²) in [4.78, 5) is 4.50. The summed E-state index contributed by atoms with van der Waals surface area (Å²) in [5.41, 5.74) is 1.77. The number of benzene rings is 2. The van der Waals surface area contributed by atoms with Crippen LogP contribution in [0.5, 0.6) is 0 Å². The summed E-state index contributed by atoms with van der Waals surface area (Å²) in [5.74, 6) is 0.480. The third-order valence-electron chi connectivity index (χ3n) is 3.01. The van der Waals surface area contributed by atoms with Crippen molar-refractivity contribution in [1.29, 1.82) is 0 Å². The van der Waals surface area contributed by atoms with Crippen molar-refractivity contribution in [3.05, 3.63) is 71.5 Å². The van der Waals surface area contributed by atoms with Gasteiger partial charge in [0.05, 0.1) is 6.54 Å². The van der Waals surface area contributed by atoms with Gasteiger partial charge in [-0.05, 0) is 18.6 Å². The second-order valence-electron chi connectivity index (χ2n) is 4.63. The van der Waals surface area contributed by atoms with Crippen LogP contribution in [0.15, 0.2) is 59.6 Å². The number of rotatable bonds is 5. The molecule has 0 spiro atoms. The first-order valence-corrected chi connectivity index (χ1v) is 7.09. The van der Waals surface area contributed by atoms with Gasteiger partial charge in [0, 0.05) is 18.7 Å². The first kappa shape index (κ1) is 18.4. The maximum Gasteiger partial charge on any atom is 0.191 e. The Hall–Kier alpha value is -1.63. The van der Waals surface area contributed by atoms with Crippen LogP contribution in [0.4, 0.5) is 4.39 Å². The molecule has 0 atom stereocenters. The van der Waals surface area contributed by atoms with Crippen LogP contribution in [0.25, 0.3) is 0 Å². The zero-order valence-electron chi connectivity index (χ0n) is 12.6. The number of nitrogens with one attached hydrogen (secondary N) is 2. The van der Waals surface area contributed by atoms with E-state index in [0.29, 0.717) is 24.6 Å². The minimum Gasteiger partial charge on any atom is -0.357 e. The second kappa shape index (κ2) is 10.2. The van der Waals surface area contributed by atoms with E-state index in [4.69, 9.17) is 0 Å². The van der Waals surface area contributed by atoms with Crippen LogP contribution in [0.3, 0.4) is 0 Å². The Labute approximate surface area is 148 Å². The Morgan fingerprint density at radius 1 is 1.00 bits per heavy atom. The highest BCUT2D eigenvalue weighted by molar-refractivity contribution is 14.0. The lowest BCUT2D eigenvalue weighted by Crippen LogP contribution is -2.37. The molecule has 2 aromatic carbocycles. The van der Waals surface area contributed by atoms with Gasteiger partial charge in [0.25, 0.3) is 0 Å². The fourth-order valence-electron chi connectivity index (χ4n) is 1.92. The van der Waals surface area contributed by atoms with Crippen molar-refractivity contribution in [3.8, 4) is 0 Å². The van der Waals surface area contributed by atoms with Gasteiger partial charge in [0.2, 0.25) is 0 Å². The van der Waals surface area contributed by atoms with Crippen molar-refractivity contribution >= 4 is 29.9 Å². The van der Waals surface area contributed by atoms with E-state index in [-0.39, 0.29) is 29.8 Å². The van der Waals surface area contributed by atoms with Gasteiger partial charge in [0.1, 0.15) is 5.82 Å². The summed E-state index contributed by atoms with van der Waals surface area (Å²) in [6.07, 6.45) is 0. The van der Waals surface area contributed by atoms with Crippen LogP contribution in [-0.2, 0) is 13.1 Å². The topological polar surface area (TPSA) is 36.4 Å². The van der Waals surface area contributed by atoms with E-state index < -0.39 is 0 Å². The molecule has 5 heteroatoms. The molecule has 0 bridgehead atoms. The van der Waals surface area contributed by atoms with Crippen molar-refractivity contribution in [2.24, 2.45) is 4.99 Å². The molecule has 3 nitrogen and oxygen atoms in total. The van der Waals surface area contributed by atoms with Gasteiger partial charge >= 0.3 is 0 Å². The van der Waals surface area contributed by atoms with Crippen LogP contribution in [0.2, 0.25) is 0 Å². The number of aliphatic imine (C=N–C) groups is 1. The number of hydrogen-bond acceptors (Lipinski definition) is 1. The third kappa shape index (κ3) is 6.01. The van der Waals surface area contributed by atoms with E-state index in [9.17, 15) is 4.39 Å². The minimum absolute atomic E-state index is 0. The van der Waals surface area contributed by atoms with Crippen molar-refractivity contribution in [3.63, 3.8) is 0 Å². The van der Waals surface area contributed by atoms with E-state index >= 15 is 0 Å². The normalized spacial score (nSPS) is 10.7. The summed E-state index contributed by atoms with van der Waals surface area (Å²) in [6.45, 7) is 3.77. The average Bonchev–Trinajstić information content (AvgIpc) is 2.52. The molecule has 2 rings (SSSR count). The van der Waals surface area contributed by atoms with Crippen molar-refractivity contribution in [2.75, 3.05) is 6.54 Å². The lowest BCUT2D eigenvalue weighted by atomic mass is 10.2. The first-order chi connectivity index (χ1) is 10.3. The monoisotopic (exact) mass is 413 g/mol. The van der Waals surface area contributed by atoms with E-state index in [0.717, 1.165) is 12.1 Å². The van der Waals surface area contributed by atoms with Gasteiger partial charge in [-0.2, -0.15) is 0 Å². The van der Waals surface area contributed by atoms with E-state index in [1.165, 1.54) is 6.07 Å². The van der Waals surface area contributed by atoms with Gasteiger partial charge in [-0.15, -0.1) is 24.0 Å². The lowest BCUT2D eigenvalue weighted by molar-refractivity contribution is 0.604. The molecule has 0 aliphatic heterocycles. The van der Waals surface area contributed by atoms with Crippen molar-refractivity contribution in [2.45, 2.75) is 20.0 Å². The zero-order valence-corrected chi connectivity index (χ0v) is 14.9. The van der Waals surface area contributed by atoms with E-state index in [1.807, 2.05) is 43.3 Å². The fraction of sp³-hybridized carbons (Fsp3) is 0.235. The Balaban J connectivity index is 0.00000242. The molecule has 0 unspecified atom stereocenters. The van der Waals surface area contributed by atoms with Gasteiger partial charge in [-0.25, -0.2) is 9.38 Å². The van der Waals surface area contributed by atoms with Crippen LogP contribution in [0, 0.1) is 5.82 Å². The summed E-state index contributed by atoms with van der Waals surface area (Å²) < 4.78 is 13.6. The first-order valence-electron chi connectivity index (χ1n) is 7.09. The summed E-state index contributed by atoms with van der Waals surface area (Å²) in [7, 11) is 0. The van der Waals surface area contributed by atoms with Gasteiger partial charge in [-0.3, -0.25) is 0 Å². The molecule has 22 heavy (non-hydrogen) atoms. The van der Waals surface area contributed by atoms with Crippen LogP contribution in [-0.4, -0.2) is 12.5 Å². The Bertz CT molecular complexity index is 587. The van der Waals surface area contributed by atoms with Crippen LogP contribution in [0.1, 0.15) is 18.1 Å². The van der Waals surface area contributed by atoms with E-state index in [1.54, 1.807) is 12.1 Å². The molecule has 0 aromatic heterocycles. The van der Waals surface area contributed by atoms with Gasteiger partial charge in [-0.1, -0.05) is 48.5 Å². The molecular weight excluding hydrogens is 392 g/mol. The van der Waals surface area contributed by atoms with Crippen molar-refractivity contribution < 1.29 is 4.39 Å². The number of nitrogens with zero attached hydrogens (tertiary/aromatic N) is 1. The quantitative estimate of drug-likeness (QED) is 0.446. The molecule has 0 amide bonds. The molecule has 2 N–H and O–H groups in total. The smallest absolute Gasteiger partial charge is 0.191 e. The molecule has 2 aromatic rings. The van der Waals surface area contributed by atoms with Crippen LogP contribution < -0.4 is 10.6 Å². The highest BCUT2D eigenvalue weighted by atomic mass is 127. The number of halogens is 2. The maximum absolute atomic E-state index is 13.6. The maximum atomic E-state index is 13.6. The molecule has 118 valence electrons. The zero-order chi connectivity index (χ0) is 14.9.